The molecule has 0 unspecified atom stereocenters. The SMILES string of the molecule is COC[C@@H]1Cc2cc(-c3nnn(-c4cccnc4F)c3C)ccc2C1=O. The van der Waals surface area contributed by atoms with Crippen LogP contribution in [-0.2, 0) is 11.2 Å². The van der Waals surface area contributed by atoms with Crippen molar-refractivity contribution in [3.63, 3.8) is 0 Å². The van der Waals surface area contributed by atoms with E-state index in [2.05, 4.69) is 15.3 Å². The van der Waals surface area contributed by atoms with Crippen LogP contribution in [0.3, 0.4) is 0 Å². The number of rotatable bonds is 4. The molecule has 0 amide bonds. The fourth-order valence-corrected chi connectivity index (χ4v) is 3.42. The number of benzene rings is 1. The topological polar surface area (TPSA) is 69.9 Å². The number of pyridine rings is 1. The molecule has 1 atom stereocenters. The Morgan fingerprint density at radius 3 is 2.96 bits per heavy atom. The number of hydrogen-bond acceptors (Lipinski definition) is 5. The highest BCUT2D eigenvalue weighted by Crippen LogP contribution is 2.32. The van der Waals surface area contributed by atoms with Gasteiger partial charge in [-0.05, 0) is 37.1 Å². The summed E-state index contributed by atoms with van der Waals surface area (Å²) in [7, 11) is 1.60. The molecule has 0 aliphatic heterocycles. The summed E-state index contributed by atoms with van der Waals surface area (Å²) in [6, 6.07) is 8.89. The van der Waals surface area contributed by atoms with Crippen LogP contribution in [-0.4, -0.2) is 39.5 Å². The minimum atomic E-state index is -0.603. The number of ether oxygens (including phenoxy) is 1. The smallest absolute Gasteiger partial charge is 0.238 e. The number of aromatic nitrogens is 4. The Balaban J connectivity index is 1.72. The van der Waals surface area contributed by atoms with Crippen molar-refractivity contribution in [2.45, 2.75) is 13.3 Å². The molecule has 0 N–H and O–H groups in total. The van der Waals surface area contributed by atoms with Gasteiger partial charge in [-0.25, -0.2) is 9.67 Å². The molecule has 4 rings (SSSR count). The molecule has 132 valence electrons. The van der Waals surface area contributed by atoms with E-state index in [1.165, 1.54) is 10.9 Å². The average molecular weight is 352 g/mol. The van der Waals surface area contributed by atoms with E-state index in [0.29, 0.717) is 24.4 Å². The second kappa shape index (κ2) is 6.42. The largest absolute Gasteiger partial charge is 0.384 e. The van der Waals surface area contributed by atoms with Gasteiger partial charge in [0.2, 0.25) is 5.95 Å². The molecule has 2 heterocycles. The minimum Gasteiger partial charge on any atom is -0.384 e. The molecular formula is C19H17FN4O2. The van der Waals surface area contributed by atoms with E-state index in [-0.39, 0.29) is 17.4 Å². The summed E-state index contributed by atoms with van der Waals surface area (Å²) in [6.45, 7) is 2.24. The van der Waals surface area contributed by atoms with E-state index in [1.54, 1.807) is 19.2 Å². The van der Waals surface area contributed by atoms with Crippen molar-refractivity contribution in [2.24, 2.45) is 5.92 Å². The van der Waals surface area contributed by atoms with Crippen LogP contribution < -0.4 is 0 Å². The Kier molecular flexibility index (Phi) is 4.08. The van der Waals surface area contributed by atoms with Gasteiger partial charge < -0.3 is 4.74 Å². The van der Waals surface area contributed by atoms with Crippen LogP contribution in [0.1, 0.15) is 21.6 Å². The predicted octanol–water partition coefficient (Wildman–Crippen LogP) is 2.78. The summed E-state index contributed by atoms with van der Waals surface area (Å²) in [5, 5.41) is 8.29. The molecule has 0 fully saturated rings. The van der Waals surface area contributed by atoms with E-state index in [9.17, 15) is 9.18 Å². The Morgan fingerprint density at radius 1 is 1.35 bits per heavy atom. The van der Waals surface area contributed by atoms with Crippen molar-refractivity contribution in [1.29, 1.82) is 0 Å². The molecule has 0 saturated carbocycles. The van der Waals surface area contributed by atoms with Crippen LogP contribution in [0.5, 0.6) is 0 Å². The second-order valence-electron chi connectivity index (χ2n) is 6.34. The molecule has 1 aliphatic carbocycles. The molecule has 2 aromatic heterocycles. The van der Waals surface area contributed by atoms with Gasteiger partial charge in [0.15, 0.2) is 5.78 Å². The molecular weight excluding hydrogens is 335 g/mol. The van der Waals surface area contributed by atoms with Gasteiger partial charge in [0, 0.05) is 30.4 Å². The lowest BCUT2D eigenvalue weighted by Crippen LogP contribution is -2.14. The van der Waals surface area contributed by atoms with Gasteiger partial charge in [0.25, 0.3) is 0 Å². The zero-order valence-corrected chi connectivity index (χ0v) is 14.4. The van der Waals surface area contributed by atoms with E-state index in [0.717, 1.165) is 16.7 Å². The van der Waals surface area contributed by atoms with Gasteiger partial charge in [0.1, 0.15) is 11.4 Å². The van der Waals surface area contributed by atoms with Crippen molar-refractivity contribution in [2.75, 3.05) is 13.7 Å². The number of carbonyl (C=O) groups is 1. The third-order valence-corrected chi connectivity index (χ3v) is 4.71. The first-order chi connectivity index (χ1) is 12.6. The Hall–Kier alpha value is -2.93. The van der Waals surface area contributed by atoms with Crippen LogP contribution in [0.15, 0.2) is 36.5 Å². The molecule has 3 aromatic rings. The first-order valence-electron chi connectivity index (χ1n) is 8.29. The minimum absolute atomic E-state index is 0.117. The number of fused-ring (bicyclic) bond motifs is 1. The average Bonchev–Trinajstić information content (AvgIpc) is 3.16. The Morgan fingerprint density at radius 2 is 2.19 bits per heavy atom. The Bertz CT molecular complexity index is 999. The maximum atomic E-state index is 14.0. The molecule has 0 radical (unpaired) electrons. The lowest BCUT2D eigenvalue weighted by Gasteiger charge is -2.05. The summed E-state index contributed by atoms with van der Waals surface area (Å²) >= 11 is 0. The van der Waals surface area contributed by atoms with Gasteiger partial charge in [-0.2, -0.15) is 4.39 Å². The number of carbonyl (C=O) groups excluding carboxylic acids is 1. The fraction of sp³-hybridized carbons (Fsp3) is 0.263. The number of nitrogens with zero attached hydrogens (tertiary/aromatic N) is 4. The zero-order valence-electron chi connectivity index (χ0n) is 14.4. The lowest BCUT2D eigenvalue weighted by atomic mass is 10.0. The molecule has 7 heteroatoms. The van der Waals surface area contributed by atoms with Gasteiger partial charge in [-0.1, -0.05) is 17.3 Å². The van der Waals surface area contributed by atoms with E-state index in [4.69, 9.17) is 4.74 Å². The standard InChI is InChI=1S/C19H17FN4O2/c1-11-17(22-23-24(11)16-4-3-7-21-19(16)20)12-5-6-15-13(8-12)9-14(10-26-2)18(15)25/h3-8,14H,9-10H2,1-2H3/t14-/m0/s1. The first-order valence-corrected chi connectivity index (χ1v) is 8.29. The monoisotopic (exact) mass is 352 g/mol. The van der Waals surface area contributed by atoms with Gasteiger partial charge >= 0.3 is 0 Å². The number of Topliss-reactive ketones (excluding diaryl/α,β-unsaturated/α-hetero) is 1. The quantitative estimate of drug-likeness (QED) is 0.675. The summed E-state index contributed by atoms with van der Waals surface area (Å²) in [4.78, 5) is 16.0. The lowest BCUT2D eigenvalue weighted by molar-refractivity contribution is 0.0833. The predicted molar refractivity (Wildman–Crippen MR) is 92.7 cm³/mol. The molecule has 0 spiro atoms. The van der Waals surface area contributed by atoms with Crippen molar-refractivity contribution in [3.8, 4) is 16.9 Å². The molecule has 1 aromatic carbocycles. The van der Waals surface area contributed by atoms with Gasteiger partial charge in [0.05, 0.1) is 12.3 Å². The highest BCUT2D eigenvalue weighted by Gasteiger charge is 2.30. The van der Waals surface area contributed by atoms with Crippen LogP contribution in [0.25, 0.3) is 16.9 Å². The van der Waals surface area contributed by atoms with E-state index in [1.807, 2.05) is 25.1 Å². The van der Waals surface area contributed by atoms with Crippen LogP contribution in [0, 0.1) is 18.8 Å². The second-order valence-corrected chi connectivity index (χ2v) is 6.34. The van der Waals surface area contributed by atoms with Crippen molar-refractivity contribution >= 4 is 5.78 Å². The molecule has 0 saturated heterocycles. The normalized spacial score (nSPS) is 16.1. The maximum Gasteiger partial charge on any atom is 0.238 e. The van der Waals surface area contributed by atoms with Crippen molar-refractivity contribution < 1.29 is 13.9 Å². The molecule has 1 aliphatic rings. The highest BCUT2D eigenvalue weighted by molar-refractivity contribution is 6.02. The summed E-state index contributed by atoms with van der Waals surface area (Å²) in [6.07, 6.45) is 2.04. The summed E-state index contributed by atoms with van der Waals surface area (Å²) in [5.41, 5.74) is 4.17. The summed E-state index contributed by atoms with van der Waals surface area (Å²) < 4.78 is 20.5. The van der Waals surface area contributed by atoms with E-state index < -0.39 is 5.95 Å². The first kappa shape index (κ1) is 16.5. The van der Waals surface area contributed by atoms with Gasteiger partial charge in [-0.3, -0.25) is 4.79 Å². The maximum absolute atomic E-state index is 14.0. The number of ketones is 1. The van der Waals surface area contributed by atoms with Crippen molar-refractivity contribution in [1.82, 2.24) is 20.0 Å². The molecule has 6 nitrogen and oxygen atoms in total. The van der Waals surface area contributed by atoms with Crippen molar-refractivity contribution in [3.05, 3.63) is 59.3 Å². The third kappa shape index (κ3) is 2.61. The van der Waals surface area contributed by atoms with Crippen LogP contribution in [0.4, 0.5) is 4.39 Å². The number of methoxy groups -OCH3 is 1. The van der Waals surface area contributed by atoms with Crippen LogP contribution >= 0.6 is 0 Å². The Labute approximate surface area is 149 Å². The number of halogens is 1. The molecule has 0 bridgehead atoms. The van der Waals surface area contributed by atoms with E-state index >= 15 is 0 Å². The summed E-state index contributed by atoms with van der Waals surface area (Å²) in [5.74, 6) is -0.619. The van der Waals surface area contributed by atoms with Gasteiger partial charge in [-0.15, -0.1) is 5.10 Å². The fourth-order valence-electron chi connectivity index (χ4n) is 3.42. The highest BCUT2D eigenvalue weighted by atomic mass is 19.1. The number of hydrogen-bond donors (Lipinski definition) is 0. The molecule has 26 heavy (non-hydrogen) atoms. The zero-order chi connectivity index (χ0) is 18.3. The van der Waals surface area contributed by atoms with Crippen LogP contribution in [0.2, 0.25) is 0 Å². The third-order valence-electron chi connectivity index (χ3n) is 4.71.